The van der Waals surface area contributed by atoms with Gasteiger partial charge in [0.1, 0.15) is 0 Å². The van der Waals surface area contributed by atoms with Gasteiger partial charge in [-0.25, -0.2) is 0 Å². The molecule has 0 bridgehead atoms. The van der Waals surface area contributed by atoms with Crippen LogP contribution in [-0.4, -0.2) is 27.8 Å². The molecule has 1 fully saturated rings. The van der Waals surface area contributed by atoms with Gasteiger partial charge in [-0.1, -0.05) is 12.1 Å². The Morgan fingerprint density at radius 2 is 2.03 bits per heavy atom. The summed E-state index contributed by atoms with van der Waals surface area (Å²) in [6, 6.07) is 10.1. The van der Waals surface area contributed by atoms with Crippen molar-refractivity contribution in [2.45, 2.75) is 31.9 Å². The van der Waals surface area contributed by atoms with Crippen molar-refractivity contribution in [2.75, 3.05) is 12.4 Å². The van der Waals surface area contributed by atoms with E-state index in [1.54, 1.807) is 25.6 Å². The van der Waals surface area contributed by atoms with E-state index < -0.39 is 0 Å². The van der Waals surface area contributed by atoms with Crippen LogP contribution in [0.2, 0.25) is 0 Å². The summed E-state index contributed by atoms with van der Waals surface area (Å²) >= 11 is 0. The van der Waals surface area contributed by atoms with E-state index in [0.717, 1.165) is 27.9 Å². The SMILES string of the molecule is COC(C)c1ccc(NC(=O)/C=C/c2cnccc2-c2cnn(C3CC3)c2)cc1. The number of methoxy groups -OCH3 is 1. The van der Waals surface area contributed by atoms with Gasteiger partial charge in [0.25, 0.3) is 0 Å². The fraction of sp³-hybridized carbons (Fsp3) is 0.261. The predicted octanol–water partition coefficient (Wildman–Crippen LogP) is 4.64. The molecule has 1 N–H and O–H groups in total. The van der Waals surface area contributed by atoms with E-state index in [2.05, 4.69) is 21.6 Å². The molecular formula is C23H24N4O2. The van der Waals surface area contributed by atoms with Crippen LogP contribution in [0.25, 0.3) is 17.2 Å². The number of anilines is 1. The van der Waals surface area contributed by atoms with Gasteiger partial charge in [-0.05, 0) is 55.2 Å². The molecule has 148 valence electrons. The van der Waals surface area contributed by atoms with Gasteiger partial charge in [0.15, 0.2) is 0 Å². The lowest BCUT2D eigenvalue weighted by Gasteiger charge is -2.10. The second-order valence-electron chi connectivity index (χ2n) is 7.23. The number of aromatic nitrogens is 3. The van der Waals surface area contributed by atoms with Crippen molar-refractivity contribution in [3.8, 4) is 11.1 Å². The topological polar surface area (TPSA) is 69.0 Å². The Hall–Kier alpha value is -3.25. The Kier molecular flexibility index (Phi) is 5.53. The number of rotatable bonds is 7. The molecule has 1 saturated carbocycles. The Labute approximate surface area is 170 Å². The molecule has 1 aliphatic carbocycles. The monoisotopic (exact) mass is 388 g/mol. The maximum Gasteiger partial charge on any atom is 0.248 e. The largest absolute Gasteiger partial charge is 0.377 e. The third-order valence-electron chi connectivity index (χ3n) is 5.10. The minimum atomic E-state index is -0.194. The zero-order chi connectivity index (χ0) is 20.2. The molecule has 6 nitrogen and oxygen atoms in total. The summed E-state index contributed by atoms with van der Waals surface area (Å²) in [4.78, 5) is 16.6. The molecule has 1 unspecified atom stereocenters. The van der Waals surface area contributed by atoms with Gasteiger partial charge in [-0.2, -0.15) is 5.10 Å². The number of carbonyl (C=O) groups is 1. The van der Waals surface area contributed by atoms with E-state index in [-0.39, 0.29) is 12.0 Å². The van der Waals surface area contributed by atoms with E-state index in [1.807, 2.05) is 48.1 Å². The highest BCUT2D eigenvalue weighted by Crippen LogP contribution is 2.35. The zero-order valence-electron chi connectivity index (χ0n) is 16.6. The molecule has 0 aliphatic heterocycles. The average molecular weight is 388 g/mol. The lowest BCUT2D eigenvalue weighted by molar-refractivity contribution is -0.111. The lowest BCUT2D eigenvalue weighted by atomic mass is 10.0. The number of hydrogen-bond acceptors (Lipinski definition) is 4. The second kappa shape index (κ2) is 8.41. The fourth-order valence-electron chi connectivity index (χ4n) is 3.14. The third-order valence-corrected chi connectivity index (χ3v) is 5.10. The van der Waals surface area contributed by atoms with Crippen LogP contribution in [0.15, 0.2) is 61.2 Å². The summed E-state index contributed by atoms with van der Waals surface area (Å²) in [5.74, 6) is -0.194. The van der Waals surface area contributed by atoms with Crippen molar-refractivity contribution in [1.82, 2.24) is 14.8 Å². The third kappa shape index (κ3) is 4.60. The van der Waals surface area contributed by atoms with Gasteiger partial charge in [-0.3, -0.25) is 14.5 Å². The van der Waals surface area contributed by atoms with Crippen LogP contribution in [0.3, 0.4) is 0 Å². The van der Waals surface area contributed by atoms with Gasteiger partial charge in [0.2, 0.25) is 5.91 Å². The van der Waals surface area contributed by atoms with Gasteiger partial charge >= 0.3 is 0 Å². The highest BCUT2D eigenvalue weighted by Gasteiger charge is 2.24. The standard InChI is InChI=1S/C23H24N4O2/c1-16(29-2)17-3-6-20(7-4-17)26-23(28)10-5-18-13-24-12-11-22(18)19-14-25-27(15-19)21-8-9-21/h3-7,10-16,21H,8-9H2,1-2H3,(H,26,28)/b10-5+. The molecular weight excluding hydrogens is 364 g/mol. The molecule has 1 aliphatic rings. The maximum absolute atomic E-state index is 12.4. The van der Waals surface area contributed by atoms with Crippen LogP contribution in [0.4, 0.5) is 5.69 Å². The molecule has 0 saturated heterocycles. The summed E-state index contributed by atoms with van der Waals surface area (Å²) in [5.41, 5.74) is 4.72. The zero-order valence-corrected chi connectivity index (χ0v) is 16.6. The number of hydrogen-bond donors (Lipinski definition) is 1. The van der Waals surface area contributed by atoms with E-state index in [9.17, 15) is 4.79 Å². The number of nitrogens with zero attached hydrogens (tertiary/aromatic N) is 3. The van der Waals surface area contributed by atoms with E-state index in [0.29, 0.717) is 6.04 Å². The summed E-state index contributed by atoms with van der Waals surface area (Å²) in [7, 11) is 1.68. The van der Waals surface area contributed by atoms with E-state index in [1.165, 1.54) is 18.9 Å². The number of nitrogens with one attached hydrogen (secondary N) is 1. The maximum atomic E-state index is 12.4. The Bertz CT molecular complexity index is 1020. The van der Waals surface area contributed by atoms with Crippen LogP contribution >= 0.6 is 0 Å². The van der Waals surface area contributed by atoms with Crippen molar-refractivity contribution >= 4 is 17.7 Å². The van der Waals surface area contributed by atoms with Crippen LogP contribution in [0.5, 0.6) is 0 Å². The molecule has 6 heteroatoms. The first kappa shape index (κ1) is 19.1. The van der Waals surface area contributed by atoms with Crippen LogP contribution in [0.1, 0.15) is 43.0 Å². The minimum absolute atomic E-state index is 0.0212. The molecule has 2 aromatic heterocycles. The fourth-order valence-corrected chi connectivity index (χ4v) is 3.14. The van der Waals surface area contributed by atoms with Gasteiger partial charge in [0.05, 0.1) is 18.3 Å². The van der Waals surface area contributed by atoms with Crippen LogP contribution < -0.4 is 5.32 Å². The predicted molar refractivity (Wildman–Crippen MR) is 113 cm³/mol. The van der Waals surface area contributed by atoms with Gasteiger partial charge in [0, 0.05) is 48.6 Å². The average Bonchev–Trinajstić information content (AvgIpc) is 3.49. The number of carbonyl (C=O) groups excluding carboxylic acids is 1. The number of benzene rings is 1. The highest BCUT2D eigenvalue weighted by atomic mass is 16.5. The van der Waals surface area contributed by atoms with Crippen molar-refractivity contribution in [3.63, 3.8) is 0 Å². The molecule has 3 aromatic rings. The minimum Gasteiger partial charge on any atom is -0.377 e. The van der Waals surface area contributed by atoms with Gasteiger partial charge < -0.3 is 10.1 Å². The normalized spacial score (nSPS) is 14.8. The number of ether oxygens (including phenoxy) is 1. The highest BCUT2D eigenvalue weighted by molar-refractivity contribution is 6.02. The summed E-state index contributed by atoms with van der Waals surface area (Å²) in [6.07, 6.45) is 13.2. The van der Waals surface area contributed by atoms with E-state index in [4.69, 9.17) is 4.74 Å². The molecule has 1 atom stereocenters. The van der Waals surface area contributed by atoms with Crippen molar-refractivity contribution < 1.29 is 9.53 Å². The first-order valence-corrected chi connectivity index (χ1v) is 9.74. The Balaban J connectivity index is 1.45. The van der Waals surface area contributed by atoms with Crippen LogP contribution in [0, 0.1) is 0 Å². The van der Waals surface area contributed by atoms with E-state index >= 15 is 0 Å². The van der Waals surface area contributed by atoms with Gasteiger partial charge in [-0.15, -0.1) is 0 Å². The summed E-state index contributed by atoms with van der Waals surface area (Å²) in [5, 5.41) is 7.34. The summed E-state index contributed by atoms with van der Waals surface area (Å²) in [6.45, 7) is 1.98. The van der Waals surface area contributed by atoms with Crippen molar-refractivity contribution in [2.24, 2.45) is 0 Å². The van der Waals surface area contributed by atoms with Crippen LogP contribution in [-0.2, 0) is 9.53 Å². The molecule has 1 aromatic carbocycles. The second-order valence-corrected chi connectivity index (χ2v) is 7.23. The van der Waals surface area contributed by atoms with Crippen molar-refractivity contribution in [1.29, 1.82) is 0 Å². The molecule has 1 amide bonds. The molecule has 2 heterocycles. The first-order chi connectivity index (χ1) is 14.1. The quantitative estimate of drug-likeness (QED) is 0.599. The molecule has 0 radical (unpaired) electrons. The Morgan fingerprint density at radius 3 is 2.76 bits per heavy atom. The number of amides is 1. The number of pyridine rings is 1. The van der Waals surface area contributed by atoms with Crippen molar-refractivity contribution in [3.05, 3.63) is 72.3 Å². The first-order valence-electron chi connectivity index (χ1n) is 9.74. The lowest BCUT2D eigenvalue weighted by Crippen LogP contribution is -2.08. The summed E-state index contributed by atoms with van der Waals surface area (Å²) < 4.78 is 7.32. The smallest absolute Gasteiger partial charge is 0.248 e. The molecule has 29 heavy (non-hydrogen) atoms. The molecule has 4 rings (SSSR count). The Morgan fingerprint density at radius 1 is 1.24 bits per heavy atom. The molecule has 0 spiro atoms.